The molecule has 0 saturated heterocycles. The molecule has 0 radical (unpaired) electrons. The highest BCUT2D eigenvalue weighted by atomic mass is 19.1. The van der Waals surface area contributed by atoms with Gasteiger partial charge < -0.3 is 14.9 Å². The molecule has 142 valence electrons. The number of phenols is 1. The number of benzene rings is 1. The Morgan fingerprint density at radius 1 is 1.38 bits per heavy atom. The lowest BCUT2D eigenvalue weighted by atomic mass is 9.54. The van der Waals surface area contributed by atoms with Crippen LogP contribution in [-0.4, -0.2) is 35.6 Å². The molecule has 26 heavy (non-hydrogen) atoms. The largest absolute Gasteiger partial charge is 0.508 e. The molecule has 0 spiro atoms. The predicted molar refractivity (Wildman–Crippen MR) is 94.5 cm³/mol. The van der Waals surface area contributed by atoms with Crippen molar-refractivity contribution in [2.75, 3.05) is 13.3 Å². The zero-order chi connectivity index (χ0) is 18.5. The van der Waals surface area contributed by atoms with Gasteiger partial charge in [-0.05, 0) is 78.5 Å². The third kappa shape index (κ3) is 2.63. The fraction of sp³-hybridized carbons (Fsp3) is 0.667. The van der Waals surface area contributed by atoms with Crippen molar-refractivity contribution in [1.29, 1.82) is 0 Å². The third-order valence-corrected chi connectivity index (χ3v) is 7.30. The summed E-state index contributed by atoms with van der Waals surface area (Å²) in [6.45, 7) is 1.23. The fourth-order valence-electron chi connectivity index (χ4n) is 6.14. The average Bonchev–Trinajstić information content (AvgIpc) is 2.90. The maximum atomic E-state index is 12.6. The summed E-state index contributed by atoms with van der Waals surface area (Å²) in [4.78, 5) is 12.6. The van der Waals surface area contributed by atoms with E-state index in [-0.39, 0.29) is 29.8 Å². The number of aliphatic hydroxyl groups is 1. The number of rotatable bonds is 3. The molecular formula is C21H27FO4. The van der Waals surface area contributed by atoms with Crippen LogP contribution >= 0.6 is 0 Å². The summed E-state index contributed by atoms with van der Waals surface area (Å²) in [6, 6.07) is 5.62. The van der Waals surface area contributed by atoms with Gasteiger partial charge in [0.25, 0.3) is 0 Å². The number of aromatic hydroxyl groups is 1. The Morgan fingerprint density at radius 3 is 2.96 bits per heavy atom. The van der Waals surface area contributed by atoms with Gasteiger partial charge in [-0.15, -0.1) is 0 Å². The van der Waals surface area contributed by atoms with Crippen LogP contribution < -0.4 is 0 Å². The third-order valence-electron chi connectivity index (χ3n) is 7.30. The molecule has 4 rings (SSSR count). The van der Waals surface area contributed by atoms with E-state index in [2.05, 4.69) is 6.92 Å². The van der Waals surface area contributed by atoms with Gasteiger partial charge in [0.1, 0.15) is 19.0 Å². The van der Waals surface area contributed by atoms with Crippen LogP contribution in [0.4, 0.5) is 4.39 Å². The summed E-state index contributed by atoms with van der Waals surface area (Å²) in [5.41, 5.74) is 2.19. The minimum Gasteiger partial charge on any atom is -0.508 e. The van der Waals surface area contributed by atoms with E-state index in [1.54, 1.807) is 6.07 Å². The molecule has 2 saturated carbocycles. The van der Waals surface area contributed by atoms with E-state index in [1.165, 1.54) is 11.1 Å². The SMILES string of the molecule is C[C@]12CCC3c4ccc(O)cc4CCC3C1[C@@H](C(=O)OCCF)C[C@@H]2O. The van der Waals surface area contributed by atoms with Gasteiger partial charge in [-0.25, -0.2) is 4.39 Å². The standard InChI is InChI=1S/C21H27FO4/c1-21-7-6-15-14-5-3-13(23)10-12(14)2-4-16(15)19(21)17(11-18(21)24)20(25)26-9-8-22/h3,5,10,15-19,23-24H,2,4,6-9,11H2,1H3/t15?,16?,17-,18-,19?,21+/m0/s1. The molecular weight excluding hydrogens is 335 g/mol. The number of alkyl halides is 1. The molecule has 3 aliphatic carbocycles. The number of aryl methyl sites for hydroxylation is 1. The minimum atomic E-state index is -0.675. The number of carbonyl (C=O) groups is 1. The predicted octanol–water partition coefficient (Wildman–Crippen LogP) is 3.35. The van der Waals surface area contributed by atoms with Crippen molar-refractivity contribution in [2.45, 2.75) is 51.0 Å². The first-order valence-corrected chi connectivity index (χ1v) is 9.68. The second-order valence-corrected chi connectivity index (χ2v) is 8.48. The Morgan fingerprint density at radius 2 is 2.19 bits per heavy atom. The number of fused-ring (bicyclic) bond motifs is 5. The van der Waals surface area contributed by atoms with Gasteiger partial charge in [-0.2, -0.15) is 0 Å². The van der Waals surface area contributed by atoms with Gasteiger partial charge in [0.15, 0.2) is 0 Å². The number of halogens is 1. The van der Waals surface area contributed by atoms with E-state index in [1.807, 2.05) is 12.1 Å². The maximum Gasteiger partial charge on any atom is 0.309 e. The molecule has 6 atom stereocenters. The zero-order valence-electron chi connectivity index (χ0n) is 15.2. The smallest absolute Gasteiger partial charge is 0.309 e. The van der Waals surface area contributed by atoms with Crippen molar-refractivity contribution in [2.24, 2.45) is 23.2 Å². The van der Waals surface area contributed by atoms with Gasteiger partial charge in [0.2, 0.25) is 0 Å². The number of hydrogen-bond donors (Lipinski definition) is 2. The lowest BCUT2D eigenvalue weighted by Crippen LogP contribution is -2.46. The van der Waals surface area contributed by atoms with Crippen LogP contribution in [0.25, 0.3) is 0 Å². The van der Waals surface area contributed by atoms with Gasteiger partial charge >= 0.3 is 5.97 Å². The van der Waals surface area contributed by atoms with E-state index in [9.17, 15) is 19.4 Å². The summed E-state index contributed by atoms with van der Waals surface area (Å²) in [6.07, 6.45) is 3.57. The first-order valence-electron chi connectivity index (χ1n) is 9.68. The number of ether oxygens (including phenoxy) is 1. The molecule has 4 nitrogen and oxygen atoms in total. The van der Waals surface area contributed by atoms with Crippen LogP contribution in [0.5, 0.6) is 5.75 Å². The van der Waals surface area contributed by atoms with E-state index >= 15 is 0 Å². The van der Waals surface area contributed by atoms with Crippen LogP contribution in [0.3, 0.4) is 0 Å². The molecule has 0 aromatic heterocycles. The second kappa shape index (κ2) is 6.52. The number of aliphatic hydroxyl groups excluding tert-OH is 1. The maximum absolute atomic E-state index is 12.6. The Kier molecular flexibility index (Phi) is 4.46. The minimum absolute atomic E-state index is 0.0605. The van der Waals surface area contributed by atoms with Crippen LogP contribution in [0, 0.1) is 23.2 Å². The van der Waals surface area contributed by atoms with Crippen molar-refractivity contribution < 1.29 is 24.1 Å². The van der Waals surface area contributed by atoms with E-state index in [0.717, 1.165) is 25.7 Å². The summed E-state index contributed by atoms with van der Waals surface area (Å²) in [7, 11) is 0. The molecule has 2 N–H and O–H groups in total. The molecule has 2 fully saturated rings. The van der Waals surface area contributed by atoms with Gasteiger partial charge in [0.05, 0.1) is 12.0 Å². The Bertz CT molecular complexity index is 705. The second-order valence-electron chi connectivity index (χ2n) is 8.48. The molecule has 5 heteroatoms. The van der Waals surface area contributed by atoms with E-state index < -0.39 is 12.8 Å². The number of hydrogen-bond acceptors (Lipinski definition) is 4. The quantitative estimate of drug-likeness (QED) is 0.810. The summed E-state index contributed by atoms with van der Waals surface area (Å²) >= 11 is 0. The monoisotopic (exact) mass is 362 g/mol. The van der Waals surface area contributed by atoms with Crippen LogP contribution in [0.2, 0.25) is 0 Å². The summed E-state index contributed by atoms with van der Waals surface area (Å²) in [5.74, 6) is 0.308. The highest BCUT2D eigenvalue weighted by Crippen LogP contribution is 2.63. The number of phenolic OH excluding ortho intramolecular Hbond substituents is 1. The van der Waals surface area contributed by atoms with Crippen molar-refractivity contribution >= 4 is 5.97 Å². The van der Waals surface area contributed by atoms with Crippen LogP contribution in [0.15, 0.2) is 18.2 Å². The summed E-state index contributed by atoms with van der Waals surface area (Å²) < 4.78 is 17.6. The van der Waals surface area contributed by atoms with Crippen molar-refractivity contribution in [3.63, 3.8) is 0 Å². The molecule has 3 unspecified atom stereocenters. The van der Waals surface area contributed by atoms with Crippen molar-refractivity contribution in [3.8, 4) is 5.75 Å². The highest BCUT2D eigenvalue weighted by Gasteiger charge is 2.60. The molecule has 0 aliphatic heterocycles. The van der Waals surface area contributed by atoms with Crippen LogP contribution in [-0.2, 0) is 16.0 Å². The van der Waals surface area contributed by atoms with Crippen LogP contribution in [0.1, 0.15) is 49.7 Å². The van der Waals surface area contributed by atoms with E-state index in [4.69, 9.17) is 4.74 Å². The Labute approximate surface area is 153 Å². The molecule has 1 aromatic rings. The lowest BCUT2D eigenvalue weighted by molar-refractivity contribution is -0.153. The summed E-state index contributed by atoms with van der Waals surface area (Å²) in [5, 5.41) is 20.5. The Balaban J connectivity index is 1.67. The van der Waals surface area contributed by atoms with Crippen molar-refractivity contribution in [3.05, 3.63) is 29.3 Å². The zero-order valence-corrected chi connectivity index (χ0v) is 15.2. The molecule has 0 amide bonds. The lowest BCUT2D eigenvalue weighted by Gasteiger charge is -2.51. The normalized spacial score (nSPS) is 38.2. The van der Waals surface area contributed by atoms with E-state index in [0.29, 0.717) is 24.0 Å². The first-order chi connectivity index (χ1) is 12.5. The van der Waals surface area contributed by atoms with Gasteiger partial charge in [-0.3, -0.25) is 4.79 Å². The van der Waals surface area contributed by atoms with Gasteiger partial charge in [-0.1, -0.05) is 13.0 Å². The average molecular weight is 362 g/mol. The highest BCUT2D eigenvalue weighted by molar-refractivity contribution is 5.74. The fourth-order valence-corrected chi connectivity index (χ4v) is 6.14. The Hall–Kier alpha value is -1.62. The molecule has 3 aliphatic rings. The van der Waals surface area contributed by atoms with Gasteiger partial charge in [0, 0.05) is 0 Å². The molecule has 1 aromatic carbocycles. The first kappa shape index (κ1) is 17.8. The molecule has 0 heterocycles. The van der Waals surface area contributed by atoms with Crippen molar-refractivity contribution in [1.82, 2.24) is 0 Å². The number of esters is 1. The topological polar surface area (TPSA) is 66.8 Å². The number of carbonyl (C=O) groups excluding carboxylic acids is 1. The molecule has 0 bridgehead atoms.